The molecule has 0 bridgehead atoms. The maximum Gasteiger partial charge on any atom is 0.259 e. The van der Waals surface area contributed by atoms with Gasteiger partial charge in [0.15, 0.2) is 6.61 Å². The van der Waals surface area contributed by atoms with Gasteiger partial charge < -0.3 is 14.6 Å². The Morgan fingerprint density at radius 3 is 2.56 bits per heavy atom. The smallest absolute Gasteiger partial charge is 0.259 e. The number of fused-ring (bicyclic) bond motifs is 1. The van der Waals surface area contributed by atoms with Crippen molar-refractivity contribution in [1.82, 2.24) is 14.9 Å². The molecule has 0 aliphatic heterocycles. The highest BCUT2D eigenvalue weighted by atomic mass is 16.5. The normalized spacial score (nSPS) is 10.7. The van der Waals surface area contributed by atoms with Gasteiger partial charge in [-0.15, -0.1) is 0 Å². The average molecular weight is 337 g/mol. The van der Waals surface area contributed by atoms with Crippen molar-refractivity contribution in [3.8, 4) is 17.1 Å². The molecule has 25 heavy (non-hydrogen) atoms. The Bertz CT molecular complexity index is 993. The SMILES string of the molecule is Cc1cc(=O)[nH]c(-c2ccc3cc(OCC(=O)N(C)C)ccc3c2)n1. The molecule has 3 aromatic rings. The standard InChI is InChI=1S/C19H19N3O3/c1-12-8-17(23)21-19(20-12)15-5-4-14-10-16(7-6-13(14)9-15)25-11-18(24)22(2)3/h4-10H,11H2,1-3H3,(H,20,21,23). The zero-order valence-corrected chi connectivity index (χ0v) is 14.4. The lowest BCUT2D eigenvalue weighted by molar-refractivity contribution is -0.130. The lowest BCUT2D eigenvalue weighted by Gasteiger charge is -2.12. The van der Waals surface area contributed by atoms with Crippen LogP contribution in [0.2, 0.25) is 0 Å². The molecule has 0 saturated heterocycles. The highest BCUT2D eigenvalue weighted by Crippen LogP contribution is 2.25. The van der Waals surface area contributed by atoms with Gasteiger partial charge in [0.05, 0.1) is 0 Å². The van der Waals surface area contributed by atoms with Crippen LogP contribution in [0.4, 0.5) is 0 Å². The predicted molar refractivity (Wildman–Crippen MR) is 96.7 cm³/mol. The van der Waals surface area contributed by atoms with E-state index < -0.39 is 0 Å². The summed E-state index contributed by atoms with van der Waals surface area (Å²) < 4.78 is 5.53. The number of H-pyrrole nitrogens is 1. The van der Waals surface area contributed by atoms with Crippen molar-refractivity contribution in [2.45, 2.75) is 6.92 Å². The van der Waals surface area contributed by atoms with E-state index in [0.29, 0.717) is 17.3 Å². The van der Waals surface area contributed by atoms with Crippen LogP contribution >= 0.6 is 0 Å². The van der Waals surface area contributed by atoms with Crippen LogP contribution in [-0.4, -0.2) is 41.5 Å². The van der Waals surface area contributed by atoms with Crippen molar-refractivity contribution in [2.75, 3.05) is 20.7 Å². The van der Waals surface area contributed by atoms with Crippen LogP contribution in [0.1, 0.15) is 5.69 Å². The van der Waals surface area contributed by atoms with E-state index in [0.717, 1.165) is 16.3 Å². The molecule has 1 N–H and O–H groups in total. The number of aromatic nitrogens is 2. The van der Waals surface area contributed by atoms with Gasteiger partial charge in [-0.25, -0.2) is 4.98 Å². The largest absolute Gasteiger partial charge is 0.484 e. The Morgan fingerprint density at radius 1 is 1.12 bits per heavy atom. The van der Waals surface area contributed by atoms with Crippen LogP contribution in [0.5, 0.6) is 5.75 Å². The number of rotatable bonds is 4. The molecule has 0 saturated carbocycles. The fourth-order valence-electron chi connectivity index (χ4n) is 2.45. The molecule has 0 aliphatic rings. The molecule has 128 valence electrons. The van der Waals surface area contributed by atoms with Crippen LogP contribution in [0.25, 0.3) is 22.2 Å². The third-order valence-electron chi connectivity index (χ3n) is 3.82. The van der Waals surface area contributed by atoms with Crippen LogP contribution < -0.4 is 10.3 Å². The Hall–Kier alpha value is -3.15. The number of hydrogen-bond donors (Lipinski definition) is 1. The molecule has 0 fully saturated rings. The molecule has 6 heteroatoms. The maximum atomic E-state index is 11.6. The third kappa shape index (κ3) is 3.85. The number of amides is 1. The highest BCUT2D eigenvalue weighted by Gasteiger charge is 2.07. The Kier molecular flexibility index (Phi) is 4.52. The van der Waals surface area contributed by atoms with Gasteiger partial charge in [-0.05, 0) is 35.9 Å². The number of likely N-dealkylation sites (N-methyl/N-ethyl adjacent to an activating group) is 1. The molecule has 6 nitrogen and oxygen atoms in total. The van der Waals surface area contributed by atoms with Crippen LogP contribution in [0.15, 0.2) is 47.3 Å². The predicted octanol–water partition coefficient (Wildman–Crippen LogP) is 2.37. The second kappa shape index (κ2) is 6.76. The zero-order valence-electron chi connectivity index (χ0n) is 14.4. The zero-order chi connectivity index (χ0) is 18.0. The summed E-state index contributed by atoms with van der Waals surface area (Å²) >= 11 is 0. The van der Waals surface area contributed by atoms with Crippen molar-refractivity contribution in [3.63, 3.8) is 0 Å². The first-order chi connectivity index (χ1) is 11.9. The summed E-state index contributed by atoms with van der Waals surface area (Å²) in [5.41, 5.74) is 1.34. The first-order valence-corrected chi connectivity index (χ1v) is 7.87. The monoisotopic (exact) mass is 337 g/mol. The minimum Gasteiger partial charge on any atom is -0.484 e. The molecular weight excluding hydrogens is 318 g/mol. The van der Waals surface area contributed by atoms with Crippen LogP contribution in [-0.2, 0) is 4.79 Å². The van der Waals surface area contributed by atoms with E-state index in [2.05, 4.69) is 9.97 Å². The number of aryl methyl sites for hydroxylation is 1. The maximum absolute atomic E-state index is 11.6. The Labute approximate surface area is 145 Å². The van der Waals surface area contributed by atoms with Crippen molar-refractivity contribution >= 4 is 16.7 Å². The molecule has 0 spiro atoms. The molecule has 3 rings (SSSR count). The van der Waals surface area contributed by atoms with Crippen LogP contribution in [0.3, 0.4) is 0 Å². The highest BCUT2D eigenvalue weighted by molar-refractivity contribution is 5.87. The number of nitrogens with zero attached hydrogens (tertiary/aromatic N) is 2. The number of carbonyl (C=O) groups excluding carboxylic acids is 1. The average Bonchev–Trinajstić information content (AvgIpc) is 2.58. The molecule has 1 amide bonds. The second-order valence-electron chi connectivity index (χ2n) is 6.04. The molecule has 0 atom stereocenters. The lowest BCUT2D eigenvalue weighted by atomic mass is 10.1. The minimum atomic E-state index is -0.170. The van der Waals surface area contributed by atoms with Crippen molar-refractivity contribution in [2.24, 2.45) is 0 Å². The van der Waals surface area contributed by atoms with Gasteiger partial charge in [-0.2, -0.15) is 0 Å². The first-order valence-electron chi connectivity index (χ1n) is 7.87. The number of benzene rings is 2. The molecule has 0 unspecified atom stereocenters. The summed E-state index contributed by atoms with van der Waals surface area (Å²) in [4.78, 5) is 31.8. The van der Waals surface area contributed by atoms with Gasteiger partial charge in [-0.3, -0.25) is 9.59 Å². The summed E-state index contributed by atoms with van der Waals surface area (Å²) in [7, 11) is 3.38. The van der Waals surface area contributed by atoms with Gasteiger partial charge in [0.2, 0.25) is 0 Å². The topological polar surface area (TPSA) is 75.3 Å². The van der Waals surface area contributed by atoms with E-state index in [-0.39, 0.29) is 18.1 Å². The van der Waals surface area contributed by atoms with E-state index in [1.54, 1.807) is 21.0 Å². The quantitative estimate of drug-likeness (QED) is 0.793. The third-order valence-corrected chi connectivity index (χ3v) is 3.82. The number of carbonyl (C=O) groups is 1. The molecule has 1 aromatic heterocycles. The summed E-state index contributed by atoms with van der Waals surface area (Å²) in [6, 6.07) is 12.9. The van der Waals surface area contributed by atoms with E-state index in [9.17, 15) is 9.59 Å². The van der Waals surface area contributed by atoms with Gasteiger partial charge in [-0.1, -0.05) is 18.2 Å². The van der Waals surface area contributed by atoms with Gasteiger partial charge in [0, 0.05) is 31.4 Å². The fraction of sp³-hybridized carbons (Fsp3) is 0.211. The van der Waals surface area contributed by atoms with Gasteiger partial charge in [0.1, 0.15) is 11.6 Å². The van der Waals surface area contributed by atoms with Gasteiger partial charge >= 0.3 is 0 Å². The van der Waals surface area contributed by atoms with E-state index in [4.69, 9.17) is 4.74 Å². The van der Waals surface area contributed by atoms with E-state index >= 15 is 0 Å². The fourth-order valence-corrected chi connectivity index (χ4v) is 2.45. The molecule has 0 aliphatic carbocycles. The molecular formula is C19H19N3O3. The number of nitrogens with one attached hydrogen (secondary N) is 1. The summed E-state index contributed by atoms with van der Waals surface area (Å²) in [5, 5.41) is 1.97. The molecule has 0 radical (unpaired) electrons. The Morgan fingerprint density at radius 2 is 1.84 bits per heavy atom. The summed E-state index contributed by atoms with van der Waals surface area (Å²) in [6.07, 6.45) is 0. The minimum absolute atomic E-state index is 0.00500. The number of aromatic amines is 1. The molecule has 1 heterocycles. The first kappa shape index (κ1) is 16.7. The summed E-state index contributed by atoms with van der Waals surface area (Å²) in [5.74, 6) is 1.09. The second-order valence-corrected chi connectivity index (χ2v) is 6.04. The number of hydrogen-bond acceptors (Lipinski definition) is 4. The van der Waals surface area contributed by atoms with Crippen LogP contribution in [0, 0.1) is 6.92 Å². The van der Waals surface area contributed by atoms with Crippen molar-refractivity contribution in [1.29, 1.82) is 0 Å². The number of ether oxygens (including phenoxy) is 1. The lowest BCUT2D eigenvalue weighted by Crippen LogP contribution is -2.27. The molecule has 2 aromatic carbocycles. The summed E-state index contributed by atoms with van der Waals surface area (Å²) in [6.45, 7) is 1.80. The van der Waals surface area contributed by atoms with Crippen molar-refractivity contribution in [3.05, 3.63) is 58.5 Å². The Balaban J connectivity index is 1.88. The van der Waals surface area contributed by atoms with Gasteiger partial charge in [0.25, 0.3) is 11.5 Å². The van der Waals surface area contributed by atoms with Crippen molar-refractivity contribution < 1.29 is 9.53 Å². The van der Waals surface area contributed by atoms with E-state index in [1.807, 2.05) is 36.4 Å². The van der Waals surface area contributed by atoms with E-state index in [1.165, 1.54) is 11.0 Å².